The van der Waals surface area contributed by atoms with Gasteiger partial charge in [0.15, 0.2) is 6.33 Å². The van der Waals surface area contributed by atoms with E-state index in [1.807, 2.05) is 0 Å². The molecule has 7 nitrogen and oxygen atoms in total. The molecule has 2 heterocycles. The first kappa shape index (κ1) is 9.38. The molecule has 2 aromatic heterocycles. The molecule has 0 aliphatic rings. The van der Waals surface area contributed by atoms with Crippen LogP contribution in [0.5, 0.6) is 0 Å². The van der Waals surface area contributed by atoms with Crippen LogP contribution < -0.4 is 11.1 Å². The lowest BCUT2D eigenvalue weighted by Crippen LogP contribution is -2.08. The Morgan fingerprint density at radius 1 is 1.27 bits per heavy atom. The van der Waals surface area contributed by atoms with Crippen LogP contribution in [0.25, 0.3) is 0 Å². The maximum Gasteiger partial charge on any atom is 0.228 e. The molecule has 0 amide bonds. The van der Waals surface area contributed by atoms with Gasteiger partial charge in [-0.2, -0.15) is 4.98 Å². The molecule has 15 heavy (non-hydrogen) atoms. The maximum absolute atomic E-state index is 5.45. The van der Waals surface area contributed by atoms with Gasteiger partial charge in [-0.05, 0) is 0 Å². The van der Waals surface area contributed by atoms with E-state index in [1.54, 1.807) is 12.4 Å². The molecule has 78 valence electrons. The van der Waals surface area contributed by atoms with Crippen LogP contribution in [0.3, 0.4) is 0 Å². The SMILES string of the molecule is Nc1cnc(NCCc2ncno2)nc1. The minimum atomic E-state index is 0.531. The molecule has 0 spiro atoms. The Kier molecular flexibility index (Phi) is 2.72. The highest BCUT2D eigenvalue weighted by Crippen LogP contribution is 2.01. The van der Waals surface area contributed by atoms with Gasteiger partial charge in [-0.25, -0.2) is 9.97 Å². The van der Waals surface area contributed by atoms with Crippen molar-refractivity contribution in [2.24, 2.45) is 0 Å². The van der Waals surface area contributed by atoms with Crippen molar-refractivity contribution >= 4 is 11.6 Å². The predicted molar refractivity (Wildman–Crippen MR) is 52.9 cm³/mol. The van der Waals surface area contributed by atoms with E-state index in [0.717, 1.165) is 0 Å². The number of anilines is 2. The van der Waals surface area contributed by atoms with Gasteiger partial charge in [-0.1, -0.05) is 5.16 Å². The lowest BCUT2D eigenvalue weighted by Gasteiger charge is -2.01. The molecule has 3 N–H and O–H groups in total. The second-order valence-corrected chi connectivity index (χ2v) is 2.85. The van der Waals surface area contributed by atoms with Gasteiger partial charge in [0.2, 0.25) is 11.8 Å². The summed E-state index contributed by atoms with van der Waals surface area (Å²) in [6.07, 6.45) is 5.09. The van der Waals surface area contributed by atoms with Gasteiger partial charge >= 0.3 is 0 Å². The van der Waals surface area contributed by atoms with Crippen molar-refractivity contribution in [3.05, 3.63) is 24.6 Å². The van der Waals surface area contributed by atoms with Gasteiger partial charge in [0.1, 0.15) is 0 Å². The molecule has 0 radical (unpaired) electrons. The van der Waals surface area contributed by atoms with Crippen LogP contribution >= 0.6 is 0 Å². The Morgan fingerprint density at radius 2 is 2.07 bits per heavy atom. The summed E-state index contributed by atoms with van der Waals surface area (Å²) in [6, 6.07) is 0. The molecule has 0 atom stereocenters. The van der Waals surface area contributed by atoms with Crippen LogP contribution in [0.4, 0.5) is 11.6 Å². The van der Waals surface area contributed by atoms with Gasteiger partial charge in [0.25, 0.3) is 0 Å². The first-order chi connectivity index (χ1) is 7.34. The highest BCUT2D eigenvalue weighted by Gasteiger charge is 1.99. The highest BCUT2D eigenvalue weighted by atomic mass is 16.5. The molecule has 0 unspecified atom stereocenters. The second-order valence-electron chi connectivity index (χ2n) is 2.85. The third-order valence-electron chi connectivity index (χ3n) is 1.70. The molecule has 0 saturated heterocycles. The first-order valence-corrected chi connectivity index (χ1v) is 4.41. The average Bonchev–Trinajstić information content (AvgIpc) is 2.74. The summed E-state index contributed by atoms with van der Waals surface area (Å²) in [4.78, 5) is 11.8. The van der Waals surface area contributed by atoms with Crippen LogP contribution in [0.1, 0.15) is 5.89 Å². The zero-order chi connectivity index (χ0) is 10.5. The number of hydrogen-bond acceptors (Lipinski definition) is 7. The minimum Gasteiger partial charge on any atom is -0.396 e. The van der Waals surface area contributed by atoms with E-state index in [2.05, 4.69) is 25.4 Å². The molecule has 0 aliphatic heterocycles. The van der Waals surface area contributed by atoms with Gasteiger partial charge in [-0.15, -0.1) is 0 Å². The van der Waals surface area contributed by atoms with Crippen LogP contribution in [-0.4, -0.2) is 26.7 Å². The van der Waals surface area contributed by atoms with Gasteiger partial charge in [-0.3, -0.25) is 0 Å². The van der Waals surface area contributed by atoms with Gasteiger partial charge in [0, 0.05) is 13.0 Å². The monoisotopic (exact) mass is 206 g/mol. The Morgan fingerprint density at radius 3 is 2.73 bits per heavy atom. The fourth-order valence-corrected chi connectivity index (χ4v) is 1.02. The third-order valence-corrected chi connectivity index (χ3v) is 1.70. The van der Waals surface area contributed by atoms with Crippen molar-refractivity contribution < 1.29 is 4.52 Å². The Bertz CT molecular complexity index is 398. The van der Waals surface area contributed by atoms with E-state index in [9.17, 15) is 0 Å². The lowest BCUT2D eigenvalue weighted by atomic mass is 10.4. The van der Waals surface area contributed by atoms with Crippen LogP contribution in [0.15, 0.2) is 23.2 Å². The molecule has 0 bridgehead atoms. The van der Waals surface area contributed by atoms with Crippen molar-refractivity contribution in [1.29, 1.82) is 0 Å². The van der Waals surface area contributed by atoms with E-state index < -0.39 is 0 Å². The molecular formula is C8H10N6O. The highest BCUT2D eigenvalue weighted by molar-refractivity contribution is 5.35. The molecule has 7 heteroatoms. The number of rotatable bonds is 4. The molecule has 0 fully saturated rings. The summed E-state index contributed by atoms with van der Waals surface area (Å²) in [6.45, 7) is 0.631. The number of nitrogens with zero attached hydrogens (tertiary/aromatic N) is 4. The second kappa shape index (κ2) is 4.36. The molecule has 0 aliphatic carbocycles. The fourth-order valence-electron chi connectivity index (χ4n) is 1.02. The van der Waals surface area contributed by atoms with Crippen molar-refractivity contribution in [3.8, 4) is 0 Å². The minimum absolute atomic E-state index is 0.531. The molecule has 0 saturated carbocycles. The maximum atomic E-state index is 5.45. The van der Waals surface area contributed by atoms with Crippen LogP contribution in [0, 0.1) is 0 Å². The number of hydrogen-bond donors (Lipinski definition) is 2. The third kappa shape index (κ3) is 2.63. The number of nitrogen functional groups attached to an aromatic ring is 1. The lowest BCUT2D eigenvalue weighted by molar-refractivity contribution is 0.379. The zero-order valence-corrected chi connectivity index (χ0v) is 7.92. The van der Waals surface area contributed by atoms with Crippen LogP contribution in [0.2, 0.25) is 0 Å². The topological polar surface area (TPSA) is 103 Å². The Hall–Kier alpha value is -2.18. The Balaban J connectivity index is 1.81. The van der Waals surface area contributed by atoms with E-state index in [-0.39, 0.29) is 0 Å². The normalized spacial score (nSPS) is 10.1. The summed E-state index contributed by atoms with van der Waals surface area (Å²) in [5.74, 6) is 1.11. The summed E-state index contributed by atoms with van der Waals surface area (Å²) in [5.41, 5.74) is 5.99. The average molecular weight is 206 g/mol. The first-order valence-electron chi connectivity index (χ1n) is 4.41. The summed E-state index contributed by atoms with van der Waals surface area (Å²) in [7, 11) is 0. The van der Waals surface area contributed by atoms with E-state index in [0.29, 0.717) is 30.5 Å². The summed E-state index contributed by atoms with van der Waals surface area (Å²) in [5, 5.41) is 6.50. The van der Waals surface area contributed by atoms with Crippen molar-refractivity contribution in [2.45, 2.75) is 6.42 Å². The summed E-state index contributed by atoms with van der Waals surface area (Å²) >= 11 is 0. The van der Waals surface area contributed by atoms with Gasteiger partial charge < -0.3 is 15.6 Å². The quantitative estimate of drug-likeness (QED) is 0.730. The van der Waals surface area contributed by atoms with Gasteiger partial charge in [0.05, 0.1) is 18.1 Å². The van der Waals surface area contributed by atoms with E-state index >= 15 is 0 Å². The molecule has 0 aromatic carbocycles. The fraction of sp³-hybridized carbons (Fsp3) is 0.250. The standard InChI is InChI=1S/C8H10N6O/c9-6-3-11-8(12-4-6)10-2-1-7-13-5-14-15-7/h3-5H,1-2,9H2,(H,10,11,12). The summed E-state index contributed by atoms with van der Waals surface area (Å²) < 4.78 is 4.83. The largest absolute Gasteiger partial charge is 0.396 e. The number of aromatic nitrogens is 4. The Labute approximate surface area is 85.7 Å². The van der Waals surface area contributed by atoms with E-state index in [4.69, 9.17) is 10.3 Å². The number of nitrogens with one attached hydrogen (secondary N) is 1. The van der Waals surface area contributed by atoms with Crippen molar-refractivity contribution in [1.82, 2.24) is 20.1 Å². The predicted octanol–water partition coefficient (Wildman–Crippen LogP) is 0.0964. The van der Waals surface area contributed by atoms with Crippen molar-refractivity contribution in [3.63, 3.8) is 0 Å². The van der Waals surface area contributed by atoms with E-state index in [1.165, 1.54) is 6.33 Å². The molecule has 2 aromatic rings. The van der Waals surface area contributed by atoms with Crippen molar-refractivity contribution in [2.75, 3.05) is 17.6 Å². The van der Waals surface area contributed by atoms with Crippen LogP contribution in [-0.2, 0) is 6.42 Å². The number of nitrogens with two attached hydrogens (primary N) is 1. The molecule has 2 rings (SSSR count). The molecular weight excluding hydrogens is 196 g/mol. The zero-order valence-electron chi connectivity index (χ0n) is 7.92. The smallest absolute Gasteiger partial charge is 0.228 e.